The summed E-state index contributed by atoms with van der Waals surface area (Å²) < 4.78 is 0. The van der Waals surface area contributed by atoms with Gasteiger partial charge in [-0.05, 0) is 19.8 Å². The molecule has 1 atom stereocenters. The smallest absolute Gasteiger partial charge is 0.223 e. The Hall–Kier alpha value is -0.570. The molecule has 0 aliphatic heterocycles. The fourth-order valence-corrected chi connectivity index (χ4v) is 1.77. The topological polar surface area (TPSA) is 55.1 Å². The fraction of sp³-hybridized carbons (Fsp3) is 0.900. The summed E-state index contributed by atoms with van der Waals surface area (Å²) >= 11 is 0. The molecule has 1 aliphatic rings. The van der Waals surface area contributed by atoms with Crippen molar-refractivity contribution < 1.29 is 4.79 Å². The molecule has 1 unspecified atom stereocenters. The Balaban J connectivity index is 2.21. The Labute approximate surface area is 80.1 Å². The van der Waals surface area contributed by atoms with Crippen LogP contribution in [0.2, 0.25) is 0 Å². The maximum Gasteiger partial charge on any atom is 0.223 e. The minimum absolute atomic E-state index is 0.0625. The van der Waals surface area contributed by atoms with Gasteiger partial charge in [-0.2, -0.15) is 0 Å². The lowest BCUT2D eigenvalue weighted by atomic mass is 9.88. The van der Waals surface area contributed by atoms with Gasteiger partial charge in [0.15, 0.2) is 0 Å². The van der Waals surface area contributed by atoms with Crippen LogP contribution in [0.3, 0.4) is 0 Å². The average molecular weight is 184 g/mol. The highest BCUT2D eigenvalue weighted by Crippen LogP contribution is 2.23. The van der Waals surface area contributed by atoms with Crippen molar-refractivity contribution in [2.45, 2.75) is 45.1 Å². The molecule has 0 radical (unpaired) electrons. The lowest BCUT2D eigenvalue weighted by Gasteiger charge is -2.21. The zero-order valence-corrected chi connectivity index (χ0v) is 8.38. The molecule has 0 aromatic heterocycles. The van der Waals surface area contributed by atoms with Crippen molar-refractivity contribution in [2.75, 3.05) is 6.54 Å². The minimum atomic E-state index is 0.0625. The van der Waals surface area contributed by atoms with Gasteiger partial charge in [0.1, 0.15) is 0 Å². The molecular formula is C10H20N2O. The van der Waals surface area contributed by atoms with Gasteiger partial charge < -0.3 is 11.1 Å². The van der Waals surface area contributed by atoms with Crippen molar-refractivity contribution in [3.8, 4) is 0 Å². The highest BCUT2D eigenvalue weighted by atomic mass is 16.1. The van der Waals surface area contributed by atoms with Crippen LogP contribution in [0.5, 0.6) is 0 Å². The number of nitrogens with one attached hydrogen (secondary N) is 1. The molecule has 1 amide bonds. The Morgan fingerprint density at radius 2 is 2.08 bits per heavy atom. The normalized spacial score (nSPS) is 21.1. The van der Waals surface area contributed by atoms with Gasteiger partial charge in [-0.25, -0.2) is 0 Å². The minimum Gasteiger partial charge on any atom is -0.354 e. The second kappa shape index (κ2) is 5.22. The zero-order chi connectivity index (χ0) is 9.68. The third-order valence-corrected chi connectivity index (χ3v) is 2.57. The van der Waals surface area contributed by atoms with Crippen LogP contribution in [0.4, 0.5) is 0 Å². The van der Waals surface area contributed by atoms with Gasteiger partial charge in [-0.3, -0.25) is 4.79 Å². The van der Waals surface area contributed by atoms with E-state index in [1.54, 1.807) is 0 Å². The predicted molar refractivity (Wildman–Crippen MR) is 53.2 cm³/mol. The zero-order valence-electron chi connectivity index (χ0n) is 8.38. The Morgan fingerprint density at radius 3 is 2.62 bits per heavy atom. The molecule has 0 saturated heterocycles. The second-order valence-corrected chi connectivity index (χ2v) is 4.06. The van der Waals surface area contributed by atoms with Crippen molar-refractivity contribution >= 4 is 5.91 Å². The summed E-state index contributed by atoms with van der Waals surface area (Å²) in [5.74, 6) is 0.463. The van der Waals surface area contributed by atoms with E-state index in [-0.39, 0.29) is 17.9 Å². The first-order chi connectivity index (χ1) is 6.20. The van der Waals surface area contributed by atoms with Crippen molar-refractivity contribution in [1.29, 1.82) is 0 Å². The first-order valence-corrected chi connectivity index (χ1v) is 5.23. The van der Waals surface area contributed by atoms with Crippen molar-refractivity contribution in [2.24, 2.45) is 11.7 Å². The van der Waals surface area contributed by atoms with E-state index < -0.39 is 0 Å². The number of carbonyl (C=O) groups is 1. The van der Waals surface area contributed by atoms with Gasteiger partial charge in [0.05, 0.1) is 0 Å². The van der Waals surface area contributed by atoms with E-state index in [0.29, 0.717) is 6.54 Å². The molecule has 3 N–H and O–H groups in total. The van der Waals surface area contributed by atoms with E-state index in [1.807, 2.05) is 6.92 Å². The van der Waals surface area contributed by atoms with Crippen LogP contribution < -0.4 is 11.1 Å². The molecule has 76 valence electrons. The molecule has 3 heteroatoms. The van der Waals surface area contributed by atoms with E-state index in [1.165, 1.54) is 19.3 Å². The van der Waals surface area contributed by atoms with Crippen LogP contribution >= 0.6 is 0 Å². The number of hydrogen-bond acceptors (Lipinski definition) is 2. The van der Waals surface area contributed by atoms with Crippen LogP contribution in [0, 0.1) is 5.92 Å². The molecule has 3 nitrogen and oxygen atoms in total. The molecule has 0 aromatic rings. The lowest BCUT2D eigenvalue weighted by molar-refractivity contribution is -0.125. The molecule has 0 aromatic carbocycles. The van der Waals surface area contributed by atoms with Crippen LogP contribution in [0.15, 0.2) is 0 Å². The maximum atomic E-state index is 11.5. The molecule has 0 heterocycles. The third kappa shape index (κ3) is 3.77. The molecule has 1 fully saturated rings. The van der Waals surface area contributed by atoms with E-state index in [4.69, 9.17) is 5.73 Å². The molecule has 0 spiro atoms. The predicted octanol–water partition coefficient (Wildman–Crippen LogP) is 1.03. The van der Waals surface area contributed by atoms with Gasteiger partial charge in [0.2, 0.25) is 5.91 Å². The summed E-state index contributed by atoms with van der Waals surface area (Å²) in [4.78, 5) is 11.5. The molecule has 1 aliphatic carbocycles. The third-order valence-electron chi connectivity index (χ3n) is 2.57. The Kier molecular flexibility index (Phi) is 4.22. The highest BCUT2D eigenvalue weighted by Gasteiger charge is 2.20. The van der Waals surface area contributed by atoms with Gasteiger partial charge in [0.25, 0.3) is 0 Å². The summed E-state index contributed by atoms with van der Waals surface area (Å²) in [5, 5.41) is 2.89. The molecule has 0 bridgehead atoms. The summed E-state index contributed by atoms with van der Waals surface area (Å²) in [6, 6.07) is 0.0625. The number of carbonyl (C=O) groups excluding carboxylic acids is 1. The summed E-state index contributed by atoms with van der Waals surface area (Å²) in [6.07, 6.45) is 5.82. The summed E-state index contributed by atoms with van der Waals surface area (Å²) in [5.41, 5.74) is 5.56. The van der Waals surface area contributed by atoms with Crippen LogP contribution in [0.1, 0.15) is 39.0 Å². The lowest BCUT2D eigenvalue weighted by Crippen LogP contribution is -2.39. The Bertz CT molecular complexity index is 162. The van der Waals surface area contributed by atoms with Crippen LogP contribution in [0.25, 0.3) is 0 Å². The van der Waals surface area contributed by atoms with Gasteiger partial charge in [0, 0.05) is 18.5 Å². The number of hydrogen-bond donors (Lipinski definition) is 2. The second-order valence-electron chi connectivity index (χ2n) is 4.06. The molecule has 1 saturated carbocycles. The van der Waals surface area contributed by atoms with Gasteiger partial charge in [-0.1, -0.05) is 19.3 Å². The number of nitrogens with two attached hydrogens (primary N) is 1. The first kappa shape index (κ1) is 10.5. The van der Waals surface area contributed by atoms with Gasteiger partial charge in [-0.15, -0.1) is 0 Å². The Morgan fingerprint density at radius 1 is 1.46 bits per heavy atom. The van der Waals surface area contributed by atoms with E-state index in [9.17, 15) is 4.79 Å². The maximum absolute atomic E-state index is 11.5. The molecule has 13 heavy (non-hydrogen) atoms. The van der Waals surface area contributed by atoms with Crippen molar-refractivity contribution in [1.82, 2.24) is 5.32 Å². The van der Waals surface area contributed by atoms with Crippen LogP contribution in [-0.4, -0.2) is 18.5 Å². The van der Waals surface area contributed by atoms with E-state index in [2.05, 4.69) is 5.32 Å². The largest absolute Gasteiger partial charge is 0.354 e. The monoisotopic (exact) mass is 184 g/mol. The standard InChI is InChI=1S/C10H20N2O/c1-8(11)7-12-10(13)9-5-3-2-4-6-9/h8-9H,2-7,11H2,1H3,(H,12,13). The first-order valence-electron chi connectivity index (χ1n) is 5.23. The quantitative estimate of drug-likeness (QED) is 0.688. The molecule has 1 rings (SSSR count). The van der Waals surface area contributed by atoms with Crippen LogP contribution in [-0.2, 0) is 4.79 Å². The van der Waals surface area contributed by atoms with Gasteiger partial charge >= 0.3 is 0 Å². The van der Waals surface area contributed by atoms with Crippen molar-refractivity contribution in [3.05, 3.63) is 0 Å². The fourth-order valence-electron chi connectivity index (χ4n) is 1.77. The molecular weight excluding hydrogens is 164 g/mol. The summed E-state index contributed by atoms with van der Waals surface area (Å²) in [7, 11) is 0. The summed E-state index contributed by atoms with van der Waals surface area (Å²) in [6.45, 7) is 2.51. The number of rotatable bonds is 3. The van der Waals surface area contributed by atoms with E-state index in [0.717, 1.165) is 12.8 Å². The van der Waals surface area contributed by atoms with E-state index >= 15 is 0 Å². The van der Waals surface area contributed by atoms with Crippen molar-refractivity contribution in [3.63, 3.8) is 0 Å². The highest BCUT2D eigenvalue weighted by molar-refractivity contribution is 5.78. The SMILES string of the molecule is CC(N)CNC(=O)C1CCCCC1. The number of amides is 1. The average Bonchev–Trinajstić information content (AvgIpc) is 2.15.